The van der Waals surface area contributed by atoms with Crippen LogP contribution in [0.4, 0.5) is 5.82 Å². The Kier molecular flexibility index (Phi) is 3.97. The van der Waals surface area contributed by atoms with E-state index in [0.29, 0.717) is 17.2 Å². The zero-order chi connectivity index (χ0) is 15.5. The first-order valence-corrected chi connectivity index (χ1v) is 7.30. The van der Waals surface area contributed by atoms with Crippen LogP contribution in [0.2, 0.25) is 0 Å². The monoisotopic (exact) mass is 357 g/mol. The van der Waals surface area contributed by atoms with Crippen molar-refractivity contribution in [3.63, 3.8) is 0 Å². The SMILES string of the molecule is Cn1cc(-c2cccc(C(=O)Nc3cc(Br)ccn3)n2)cn1. The number of hydrogen-bond donors (Lipinski definition) is 1. The molecule has 0 aromatic carbocycles. The maximum atomic E-state index is 12.3. The highest BCUT2D eigenvalue weighted by Crippen LogP contribution is 2.17. The van der Waals surface area contributed by atoms with Gasteiger partial charge in [-0.05, 0) is 24.3 Å². The first kappa shape index (κ1) is 14.4. The van der Waals surface area contributed by atoms with Crippen molar-refractivity contribution in [2.75, 3.05) is 5.32 Å². The van der Waals surface area contributed by atoms with E-state index >= 15 is 0 Å². The largest absolute Gasteiger partial charge is 0.305 e. The Morgan fingerprint density at radius 3 is 2.91 bits per heavy atom. The van der Waals surface area contributed by atoms with E-state index in [9.17, 15) is 4.79 Å². The van der Waals surface area contributed by atoms with Crippen LogP contribution >= 0.6 is 15.9 Å². The zero-order valence-electron chi connectivity index (χ0n) is 11.7. The lowest BCUT2D eigenvalue weighted by Gasteiger charge is -2.05. The zero-order valence-corrected chi connectivity index (χ0v) is 13.3. The molecule has 0 atom stereocenters. The molecule has 3 heterocycles. The van der Waals surface area contributed by atoms with Gasteiger partial charge >= 0.3 is 0 Å². The van der Waals surface area contributed by atoms with Crippen molar-refractivity contribution in [2.45, 2.75) is 0 Å². The number of pyridine rings is 2. The molecule has 0 aliphatic rings. The minimum atomic E-state index is -0.309. The van der Waals surface area contributed by atoms with E-state index in [0.717, 1.165) is 10.0 Å². The molecular weight excluding hydrogens is 346 g/mol. The van der Waals surface area contributed by atoms with Crippen molar-refractivity contribution in [3.8, 4) is 11.3 Å². The van der Waals surface area contributed by atoms with E-state index in [4.69, 9.17) is 0 Å². The average molecular weight is 358 g/mol. The molecule has 3 aromatic rings. The molecule has 0 fully saturated rings. The molecule has 0 aliphatic carbocycles. The van der Waals surface area contributed by atoms with Crippen molar-refractivity contribution in [1.82, 2.24) is 19.7 Å². The lowest BCUT2D eigenvalue weighted by atomic mass is 10.2. The van der Waals surface area contributed by atoms with Crippen molar-refractivity contribution in [1.29, 1.82) is 0 Å². The van der Waals surface area contributed by atoms with Gasteiger partial charge < -0.3 is 5.32 Å². The maximum Gasteiger partial charge on any atom is 0.275 e. The number of hydrogen-bond acceptors (Lipinski definition) is 4. The Bertz CT molecular complexity index is 830. The van der Waals surface area contributed by atoms with E-state index < -0.39 is 0 Å². The van der Waals surface area contributed by atoms with Gasteiger partial charge in [0.15, 0.2) is 0 Å². The molecule has 3 rings (SSSR count). The summed E-state index contributed by atoms with van der Waals surface area (Å²) >= 11 is 3.34. The van der Waals surface area contributed by atoms with Gasteiger partial charge in [0.05, 0.1) is 11.9 Å². The highest BCUT2D eigenvalue weighted by Gasteiger charge is 2.11. The Morgan fingerprint density at radius 1 is 1.32 bits per heavy atom. The van der Waals surface area contributed by atoms with Crippen molar-refractivity contribution >= 4 is 27.7 Å². The Hall–Kier alpha value is -2.54. The molecule has 0 saturated heterocycles. The number of aromatic nitrogens is 4. The summed E-state index contributed by atoms with van der Waals surface area (Å²) in [4.78, 5) is 20.7. The third-order valence-electron chi connectivity index (χ3n) is 2.95. The van der Waals surface area contributed by atoms with Crippen LogP contribution < -0.4 is 5.32 Å². The van der Waals surface area contributed by atoms with Gasteiger partial charge in [-0.1, -0.05) is 22.0 Å². The van der Waals surface area contributed by atoms with E-state index in [1.807, 2.05) is 19.3 Å². The van der Waals surface area contributed by atoms with Crippen LogP contribution in [0.3, 0.4) is 0 Å². The van der Waals surface area contributed by atoms with Gasteiger partial charge in [0, 0.05) is 29.5 Å². The van der Waals surface area contributed by atoms with Crippen LogP contribution in [0.5, 0.6) is 0 Å². The predicted octanol–water partition coefficient (Wildman–Crippen LogP) is 2.89. The fourth-order valence-electron chi connectivity index (χ4n) is 1.93. The summed E-state index contributed by atoms with van der Waals surface area (Å²) in [6, 6.07) is 8.80. The van der Waals surface area contributed by atoms with Gasteiger partial charge in [0.1, 0.15) is 11.5 Å². The third kappa shape index (κ3) is 3.20. The average Bonchev–Trinajstić information content (AvgIpc) is 2.94. The molecule has 0 bridgehead atoms. The summed E-state index contributed by atoms with van der Waals surface area (Å²) in [5.41, 5.74) is 1.88. The van der Waals surface area contributed by atoms with E-state index in [-0.39, 0.29) is 5.91 Å². The molecule has 0 saturated carbocycles. The standard InChI is InChI=1S/C15H12BrN5O/c1-21-9-10(8-18-21)12-3-2-4-13(19-12)15(22)20-14-7-11(16)5-6-17-14/h2-9H,1H3,(H,17,20,22). The van der Waals surface area contributed by atoms with Crippen LogP contribution in [0, 0.1) is 0 Å². The summed E-state index contributed by atoms with van der Waals surface area (Å²) in [6.07, 6.45) is 5.17. The second-order valence-electron chi connectivity index (χ2n) is 4.62. The predicted molar refractivity (Wildman–Crippen MR) is 86.3 cm³/mol. The molecule has 0 aliphatic heterocycles. The number of carbonyl (C=O) groups excluding carboxylic acids is 1. The van der Waals surface area contributed by atoms with Gasteiger partial charge in [-0.3, -0.25) is 9.48 Å². The number of nitrogens with zero attached hydrogens (tertiary/aromatic N) is 4. The molecule has 0 spiro atoms. The van der Waals surface area contributed by atoms with Crippen molar-refractivity contribution in [2.24, 2.45) is 7.05 Å². The Labute approximate surface area is 135 Å². The number of rotatable bonds is 3. The van der Waals surface area contributed by atoms with Gasteiger partial charge in [0.25, 0.3) is 5.91 Å². The summed E-state index contributed by atoms with van der Waals surface area (Å²) in [5, 5.41) is 6.83. The number of amides is 1. The smallest absolute Gasteiger partial charge is 0.275 e. The second-order valence-corrected chi connectivity index (χ2v) is 5.54. The number of nitrogens with one attached hydrogen (secondary N) is 1. The number of anilines is 1. The number of aryl methyl sites for hydroxylation is 1. The van der Waals surface area contributed by atoms with Crippen molar-refractivity contribution < 1.29 is 4.79 Å². The Morgan fingerprint density at radius 2 is 2.18 bits per heavy atom. The molecule has 0 unspecified atom stereocenters. The molecule has 1 amide bonds. The summed E-state index contributed by atoms with van der Waals surface area (Å²) in [6.45, 7) is 0. The Balaban J connectivity index is 1.84. The molecule has 3 aromatic heterocycles. The second kappa shape index (κ2) is 6.07. The molecule has 7 heteroatoms. The van der Waals surface area contributed by atoms with Crippen LogP contribution in [-0.2, 0) is 7.05 Å². The summed E-state index contributed by atoms with van der Waals surface area (Å²) in [7, 11) is 1.83. The number of halogens is 1. The molecule has 22 heavy (non-hydrogen) atoms. The third-order valence-corrected chi connectivity index (χ3v) is 3.44. The fourth-order valence-corrected chi connectivity index (χ4v) is 2.26. The lowest BCUT2D eigenvalue weighted by Crippen LogP contribution is -2.14. The van der Waals surface area contributed by atoms with Gasteiger partial charge in [-0.25, -0.2) is 9.97 Å². The molecule has 6 nitrogen and oxygen atoms in total. The normalized spacial score (nSPS) is 10.5. The van der Waals surface area contributed by atoms with Crippen LogP contribution in [-0.4, -0.2) is 25.7 Å². The summed E-state index contributed by atoms with van der Waals surface area (Å²) in [5.74, 6) is 0.157. The minimum Gasteiger partial charge on any atom is -0.305 e. The van der Waals surface area contributed by atoms with Gasteiger partial charge in [-0.2, -0.15) is 5.10 Å². The van der Waals surface area contributed by atoms with E-state index in [1.54, 1.807) is 41.3 Å². The lowest BCUT2D eigenvalue weighted by molar-refractivity contribution is 0.102. The highest BCUT2D eigenvalue weighted by molar-refractivity contribution is 9.10. The highest BCUT2D eigenvalue weighted by atomic mass is 79.9. The van der Waals surface area contributed by atoms with Crippen LogP contribution in [0.1, 0.15) is 10.5 Å². The van der Waals surface area contributed by atoms with Gasteiger partial charge in [-0.15, -0.1) is 0 Å². The summed E-state index contributed by atoms with van der Waals surface area (Å²) < 4.78 is 2.53. The van der Waals surface area contributed by atoms with E-state index in [2.05, 4.69) is 36.3 Å². The van der Waals surface area contributed by atoms with E-state index in [1.165, 1.54) is 0 Å². The molecule has 0 radical (unpaired) electrons. The molecule has 110 valence electrons. The molecule has 1 N–H and O–H groups in total. The number of carbonyl (C=O) groups is 1. The van der Waals surface area contributed by atoms with Crippen LogP contribution in [0.25, 0.3) is 11.3 Å². The van der Waals surface area contributed by atoms with Crippen LogP contribution in [0.15, 0.2) is 53.4 Å². The van der Waals surface area contributed by atoms with Gasteiger partial charge in [0.2, 0.25) is 0 Å². The fraction of sp³-hybridized carbons (Fsp3) is 0.0667. The van der Waals surface area contributed by atoms with Crippen molar-refractivity contribution in [3.05, 3.63) is 59.1 Å². The quantitative estimate of drug-likeness (QED) is 0.782. The first-order chi connectivity index (χ1) is 10.6. The maximum absolute atomic E-state index is 12.3. The minimum absolute atomic E-state index is 0.309. The topological polar surface area (TPSA) is 72.7 Å². The molecular formula is C15H12BrN5O. The first-order valence-electron chi connectivity index (χ1n) is 6.51.